The molecule has 3 heterocycles. The van der Waals surface area contributed by atoms with Crippen LogP contribution in [0.4, 0.5) is 11.6 Å². The Hall–Kier alpha value is -2.54. The van der Waals surface area contributed by atoms with E-state index in [1.54, 1.807) is 20.5 Å². The van der Waals surface area contributed by atoms with Crippen molar-refractivity contribution in [1.29, 1.82) is 0 Å². The topological polar surface area (TPSA) is 71.0 Å². The fraction of sp³-hybridized carbons (Fsp3) is 0.565. The van der Waals surface area contributed by atoms with Gasteiger partial charge in [-0.05, 0) is 49.3 Å². The lowest BCUT2D eigenvalue weighted by atomic mass is 9.84. The van der Waals surface area contributed by atoms with Crippen molar-refractivity contribution in [3.8, 4) is 11.5 Å². The lowest BCUT2D eigenvalue weighted by molar-refractivity contribution is 0.0113. The summed E-state index contributed by atoms with van der Waals surface area (Å²) < 4.78 is 10.8. The van der Waals surface area contributed by atoms with E-state index in [1.807, 2.05) is 18.2 Å². The predicted molar refractivity (Wildman–Crippen MR) is 118 cm³/mol. The van der Waals surface area contributed by atoms with Crippen LogP contribution in [0.25, 0.3) is 0 Å². The van der Waals surface area contributed by atoms with Gasteiger partial charge in [0.1, 0.15) is 29.5 Å². The van der Waals surface area contributed by atoms with Gasteiger partial charge in [0.2, 0.25) is 0 Å². The lowest BCUT2D eigenvalue weighted by Gasteiger charge is -2.39. The van der Waals surface area contributed by atoms with Crippen LogP contribution in [0, 0.1) is 5.92 Å². The first-order valence-electron chi connectivity index (χ1n) is 10.8. The second-order valence-electron chi connectivity index (χ2n) is 8.55. The van der Waals surface area contributed by atoms with Gasteiger partial charge in [0.25, 0.3) is 0 Å². The van der Waals surface area contributed by atoms with Crippen LogP contribution in [0.2, 0.25) is 0 Å². The van der Waals surface area contributed by atoms with E-state index in [-0.39, 0.29) is 0 Å². The van der Waals surface area contributed by atoms with Gasteiger partial charge in [-0.25, -0.2) is 9.97 Å². The molecule has 0 amide bonds. The highest BCUT2D eigenvalue weighted by molar-refractivity contribution is 5.51. The molecule has 2 aliphatic rings. The molecule has 1 N–H and O–H groups in total. The van der Waals surface area contributed by atoms with Gasteiger partial charge < -0.3 is 24.4 Å². The highest BCUT2D eigenvalue weighted by Gasteiger charge is 2.35. The standard InChI is InChI=1S/C23H32N4O3/c1-17-5-4-8-27(15-17)22-14-21(24-16-25-22)26-9-6-23(28,7-10-26)18-11-19(29-2)13-20(12-18)30-3/h11-14,16-17,28H,4-10,15H2,1-3H3. The maximum atomic E-state index is 11.4. The number of methoxy groups -OCH3 is 2. The maximum absolute atomic E-state index is 11.4. The number of piperidine rings is 2. The van der Waals surface area contributed by atoms with Crippen molar-refractivity contribution in [2.75, 3.05) is 50.2 Å². The minimum Gasteiger partial charge on any atom is -0.497 e. The number of nitrogens with zero attached hydrogens (tertiary/aromatic N) is 4. The number of anilines is 2. The third-order valence-corrected chi connectivity index (χ3v) is 6.42. The molecular formula is C23H32N4O3. The van der Waals surface area contributed by atoms with Crippen molar-refractivity contribution >= 4 is 11.6 Å². The Balaban J connectivity index is 1.47. The third-order valence-electron chi connectivity index (χ3n) is 6.42. The minimum absolute atomic E-state index is 0.614. The Kier molecular flexibility index (Phi) is 5.99. The molecule has 0 radical (unpaired) electrons. The van der Waals surface area contributed by atoms with Crippen molar-refractivity contribution < 1.29 is 14.6 Å². The van der Waals surface area contributed by atoms with Crippen molar-refractivity contribution in [3.63, 3.8) is 0 Å². The normalized spacial score (nSPS) is 21.4. The zero-order valence-corrected chi connectivity index (χ0v) is 18.2. The molecule has 162 valence electrons. The number of benzene rings is 1. The van der Waals surface area contributed by atoms with E-state index in [0.29, 0.717) is 30.3 Å². The third kappa shape index (κ3) is 4.31. The zero-order valence-electron chi connectivity index (χ0n) is 18.2. The molecule has 30 heavy (non-hydrogen) atoms. The molecule has 7 nitrogen and oxygen atoms in total. The molecule has 1 aromatic heterocycles. The number of rotatable bonds is 5. The van der Waals surface area contributed by atoms with E-state index in [1.165, 1.54) is 12.8 Å². The first kappa shape index (κ1) is 20.7. The fourth-order valence-corrected chi connectivity index (χ4v) is 4.55. The van der Waals surface area contributed by atoms with Crippen LogP contribution in [-0.4, -0.2) is 55.5 Å². The van der Waals surface area contributed by atoms with E-state index < -0.39 is 5.60 Å². The van der Waals surface area contributed by atoms with Crippen molar-refractivity contribution in [2.24, 2.45) is 5.92 Å². The van der Waals surface area contributed by atoms with Crippen molar-refractivity contribution in [2.45, 2.75) is 38.2 Å². The second-order valence-corrected chi connectivity index (χ2v) is 8.55. The molecule has 2 aliphatic heterocycles. The molecule has 0 aliphatic carbocycles. The van der Waals surface area contributed by atoms with Crippen LogP contribution in [-0.2, 0) is 5.60 Å². The summed E-state index contributed by atoms with van der Waals surface area (Å²) in [4.78, 5) is 13.6. The van der Waals surface area contributed by atoms with Gasteiger partial charge in [-0.2, -0.15) is 0 Å². The number of hydrogen-bond donors (Lipinski definition) is 1. The summed E-state index contributed by atoms with van der Waals surface area (Å²) in [5, 5.41) is 11.4. The molecule has 4 rings (SSSR count). The summed E-state index contributed by atoms with van der Waals surface area (Å²) in [7, 11) is 3.25. The van der Waals surface area contributed by atoms with Crippen molar-refractivity contribution in [3.05, 3.63) is 36.2 Å². The quantitative estimate of drug-likeness (QED) is 0.808. The van der Waals surface area contributed by atoms with E-state index in [0.717, 1.165) is 43.4 Å². The first-order valence-corrected chi connectivity index (χ1v) is 10.8. The SMILES string of the molecule is COc1cc(OC)cc(C2(O)CCN(c3cc(N4CCCC(C)C4)ncn3)CC2)c1. The summed E-state index contributed by atoms with van der Waals surface area (Å²) in [5.74, 6) is 4.02. The molecule has 1 unspecified atom stereocenters. The van der Waals surface area contributed by atoms with Gasteiger partial charge in [0.05, 0.1) is 19.8 Å². The molecule has 0 saturated carbocycles. The Morgan fingerprint density at radius 2 is 1.57 bits per heavy atom. The first-order chi connectivity index (χ1) is 14.5. The van der Waals surface area contributed by atoms with Gasteiger partial charge in [-0.3, -0.25) is 0 Å². The van der Waals surface area contributed by atoms with Crippen LogP contribution in [0.15, 0.2) is 30.6 Å². The summed E-state index contributed by atoms with van der Waals surface area (Å²) in [6.07, 6.45) is 5.39. The van der Waals surface area contributed by atoms with Gasteiger partial charge >= 0.3 is 0 Å². The molecule has 0 bridgehead atoms. The van der Waals surface area contributed by atoms with Crippen molar-refractivity contribution in [1.82, 2.24) is 9.97 Å². The molecule has 2 fully saturated rings. The molecule has 2 aromatic rings. The van der Waals surface area contributed by atoms with E-state index in [9.17, 15) is 5.11 Å². The lowest BCUT2D eigenvalue weighted by Crippen LogP contribution is -2.43. The van der Waals surface area contributed by atoms with E-state index in [4.69, 9.17) is 9.47 Å². The van der Waals surface area contributed by atoms with E-state index in [2.05, 4.69) is 32.8 Å². The molecule has 1 atom stereocenters. The number of ether oxygens (including phenoxy) is 2. The summed E-state index contributed by atoms with van der Waals surface area (Å²) in [6, 6.07) is 7.72. The monoisotopic (exact) mass is 412 g/mol. The molecule has 2 saturated heterocycles. The average Bonchev–Trinajstić information content (AvgIpc) is 2.79. The smallest absolute Gasteiger partial charge is 0.134 e. The Bertz CT molecular complexity index is 845. The Morgan fingerprint density at radius 1 is 0.933 bits per heavy atom. The highest BCUT2D eigenvalue weighted by Crippen LogP contribution is 2.38. The average molecular weight is 413 g/mol. The highest BCUT2D eigenvalue weighted by atomic mass is 16.5. The van der Waals surface area contributed by atoms with Gasteiger partial charge in [-0.1, -0.05) is 6.92 Å². The van der Waals surface area contributed by atoms with Gasteiger partial charge in [-0.15, -0.1) is 0 Å². The largest absolute Gasteiger partial charge is 0.497 e. The number of aromatic nitrogens is 2. The summed E-state index contributed by atoms with van der Waals surface area (Å²) >= 11 is 0. The maximum Gasteiger partial charge on any atom is 0.134 e. The zero-order chi connectivity index (χ0) is 21.1. The van der Waals surface area contributed by atoms with Crippen LogP contribution in [0.5, 0.6) is 11.5 Å². The van der Waals surface area contributed by atoms with Crippen LogP contribution in [0.1, 0.15) is 38.2 Å². The van der Waals surface area contributed by atoms with Gasteiger partial charge in [0.15, 0.2) is 0 Å². The molecule has 0 spiro atoms. The number of hydrogen-bond acceptors (Lipinski definition) is 7. The van der Waals surface area contributed by atoms with Crippen LogP contribution in [0.3, 0.4) is 0 Å². The molecule has 1 aromatic carbocycles. The number of aliphatic hydroxyl groups is 1. The Labute approximate surface area is 178 Å². The predicted octanol–water partition coefficient (Wildman–Crippen LogP) is 3.22. The fourth-order valence-electron chi connectivity index (χ4n) is 4.55. The molecule has 7 heteroatoms. The van der Waals surface area contributed by atoms with Crippen LogP contribution >= 0.6 is 0 Å². The summed E-state index contributed by atoms with van der Waals surface area (Å²) in [6.45, 7) is 5.85. The van der Waals surface area contributed by atoms with E-state index >= 15 is 0 Å². The second kappa shape index (κ2) is 8.68. The van der Waals surface area contributed by atoms with Crippen LogP contribution < -0.4 is 19.3 Å². The summed E-state index contributed by atoms with van der Waals surface area (Å²) in [5.41, 5.74) is -0.0692. The minimum atomic E-state index is -0.906. The van der Waals surface area contributed by atoms with Gasteiger partial charge in [0, 0.05) is 38.3 Å². The molecular weight excluding hydrogens is 380 g/mol. The Morgan fingerprint density at radius 3 is 2.17 bits per heavy atom.